The molecule has 94 valence electrons. The van der Waals surface area contributed by atoms with Crippen molar-refractivity contribution in [2.45, 2.75) is 44.7 Å². The number of carbonyl (C=O) groups is 1. The van der Waals surface area contributed by atoms with Gasteiger partial charge in [-0.2, -0.15) is 0 Å². The van der Waals surface area contributed by atoms with Crippen molar-refractivity contribution in [2.75, 3.05) is 11.6 Å². The number of hydrogen-bond acceptors (Lipinski definition) is 3. The van der Waals surface area contributed by atoms with Gasteiger partial charge in [-0.1, -0.05) is 19.8 Å². The molecule has 1 saturated heterocycles. The van der Waals surface area contributed by atoms with E-state index in [1.165, 1.54) is 19.3 Å². The first-order valence-corrected chi connectivity index (χ1v) is 7.04. The van der Waals surface area contributed by atoms with E-state index in [9.17, 15) is 4.79 Å². The normalized spacial score (nSPS) is 34.2. The topological polar surface area (TPSA) is 41.1 Å². The molecule has 1 aliphatic carbocycles. The number of halogens is 1. The number of nitrogens with one attached hydrogen (secondary N) is 2. The van der Waals surface area contributed by atoms with Crippen molar-refractivity contribution in [3.63, 3.8) is 0 Å². The molecule has 3 unspecified atom stereocenters. The molecule has 1 saturated carbocycles. The molecule has 3 nitrogen and oxygen atoms in total. The first-order valence-electron chi connectivity index (χ1n) is 5.89. The second kappa shape index (κ2) is 6.72. The maximum atomic E-state index is 11.9. The Hall–Kier alpha value is 0.0700. The van der Waals surface area contributed by atoms with Gasteiger partial charge in [0.05, 0.1) is 6.04 Å². The summed E-state index contributed by atoms with van der Waals surface area (Å²) in [6.45, 7) is 2.25. The standard InChI is InChI=1S/C11H20N2OS.ClH/c1-8-4-2-3-5-9(8)13-11(14)10-6-15-7-12-10;/h8-10,12H,2-7H2,1H3,(H,13,14);1H. The smallest absolute Gasteiger partial charge is 0.238 e. The van der Waals surface area contributed by atoms with Crippen LogP contribution in [0.1, 0.15) is 32.6 Å². The molecule has 2 N–H and O–H groups in total. The van der Waals surface area contributed by atoms with E-state index in [1.54, 1.807) is 11.8 Å². The summed E-state index contributed by atoms with van der Waals surface area (Å²) in [6.07, 6.45) is 5.01. The minimum absolute atomic E-state index is 0. The van der Waals surface area contributed by atoms with Crippen LogP contribution >= 0.6 is 24.2 Å². The molecule has 2 rings (SSSR count). The Morgan fingerprint density at radius 2 is 2.12 bits per heavy atom. The van der Waals surface area contributed by atoms with Crippen LogP contribution in [0.15, 0.2) is 0 Å². The van der Waals surface area contributed by atoms with Gasteiger partial charge in [-0.05, 0) is 18.8 Å². The van der Waals surface area contributed by atoms with Crippen LogP contribution in [0, 0.1) is 5.92 Å². The van der Waals surface area contributed by atoms with Gasteiger partial charge in [-0.15, -0.1) is 24.2 Å². The Labute approximate surface area is 108 Å². The number of rotatable bonds is 2. The van der Waals surface area contributed by atoms with E-state index in [-0.39, 0.29) is 24.4 Å². The lowest BCUT2D eigenvalue weighted by Gasteiger charge is -2.30. The van der Waals surface area contributed by atoms with Crippen LogP contribution in [0.25, 0.3) is 0 Å². The van der Waals surface area contributed by atoms with Gasteiger partial charge in [-0.25, -0.2) is 0 Å². The van der Waals surface area contributed by atoms with Crippen LogP contribution in [0.4, 0.5) is 0 Å². The third kappa shape index (κ3) is 3.54. The lowest BCUT2D eigenvalue weighted by molar-refractivity contribution is -0.123. The van der Waals surface area contributed by atoms with Crippen molar-refractivity contribution in [1.82, 2.24) is 10.6 Å². The highest BCUT2D eigenvalue weighted by Gasteiger charge is 2.27. The molecule has 1 heterocycles. The van der Waals surface area contributed by atoms with E-state index >= 15 is 0 Å². The Morgan fingerprint density at radius 3 is 2.75 bits per heavy atom. The van der Waals surface area contributed by atoms with Gasteiger partial charge < -0.3 is 5.32 Å². The molecule has 2 fully saturated rings. The second-order valence-corrected chi connectivity index (χ2v) is 5.68. The summed E-state index contributed by atoms with van der Waals surface area (Å²) >= 11 is 1.80. The van der Waals surface area contributed by atoms with Crippen LogP contribution < -0.4 is 10.6 Å². The highest BCUT2D eigenvalue weighted by molar-refractivity contribution is 7.99. The minimum Gasteiger partial charge on any atom is -0.352 e. The molecule has 1 amide bonds. The van der Waals surface area contributed by atoms with Crippen LogP contribution in [0.3, 0.4) is 0 Å². The molecule has 0 aromatic carbocycles. The van der Waals surface area contributed by atoms with Crippen molar-refractivity contribution in [1.29, 1.82) is 0 Å². The molecule has 5 heteroatoms. The van der Waals surface area contributed by atoms with Gasteiger partial charge in [0.2, 0.25) is 5.91 Å². The highest BCUT2D eigenvalue weighted by atomic mass is 35.5. The van der Waals surface area contributed by atoms with Crippen molar-refractivity contribution in [2.24, 2.45) is 5.92 Å². The van der Waals surface area contributed by atoms with E-state index in [2.05, 4.69) is 17.6 Å². The first kappa shape index (κ1) is 14.1. The third-order valence-corrected chi connectivity index (χ3v) is 4.41. The Balaban J connectivity index is 0.00000128. The molecule has 0 spiro atoms. The zero-order valence-electron chi connectivity index (χ0n) is 9.70. The number of amides is 1. The summed E-state index contributed by atoms with van der Waals surface area (Å²) in [7, 11) is 0. The molecular formula is C11H21ClN2OS. The predicted molar refractivity (Wildman–Crippen MR) is 71.1 cm³/mol. The molecule has 0 radical (unpaired) electrons. The fraction of sp³-hybridized carbons (Fsp3) is 0.909. The summed E-state index contributed by atoms with van der Waals surface area (Å²) in [6, 6.07) is 0.461. The fourth-order valence-electron chi connectivity index (χ4n) is 2.38. The maximum Gasteiger partial charge on any atom is 0.238 e. The number of carbonyl (C=O) groups excluding carboxylic acids is 1. The zero-order valence-corrected chi connectivity index (χ0v) is 11.3. The van der Waals surface area contributed by atoms with Gasteiger partial charge in [0, 0.05) is 17.7 Å². The molecule has 0 bridgehead atoms. The summed E-state index contributed by atoms with van der Waals surface area (Å²) in [4.78, 5) is 11.9. The van der Waals surface area contributed by atoms with E-state index in [1.807, 2.05) is 0 Å². The van der Waals surface area contributed by atoms with Crippen LogP contribution in [-0.4, -0.2) is 29.6 Å². The molecule has 0 aromatic rings. The van der Waals surface area contributed by atoms with Crippen molar-refractivity contribution in [3.05, 3.63) is 0 Å². The summed E-state index contributed by atoms with van der Waals surface area (Å²) in [5.41, 5.74) is 0. The SMILES string of the molecule is CC1CCCCC1NC(=O)C1CSCN1.Cl. The average molecular weight is 265 g/mol. The van der Waals surface area contributed by atoms with Crippen molar-refractivity contribution < 1.29 is 4.79 Å². The molecule has 0 aromatic heterocycles. The van der Waals surface area contributed by atoms with Gasteiger partial charge in [0.15, 0.2) is 0 Å². The van der Waals surface area contributed by atoms with Crippen LogP contribution in [0.2, 0.25) is 0 Å². The first-order chi connectivity index (χ1) is 7.27. The van der Waals surface area contributed by atoms with Crippen molar-refractivity contribution >= 4 is 30.1 Å². The quantitative estimate of drug-likeness (QED) is 0.799. The lowest BCUT2D eigenvalue weighted by atomic mass is 9.86. The highest BCUT2D eigenvalue weighted by Crippen LogP contribution is 2.24. The Kier molecular flexibility index (Phi) is 5.94. The summed E-state index contributed by atoms with van der Waals surface area (Å²) in [5, 5.41) is 6.41. The largest absolute Gasteiger partial charge is 0.352 e. The van der Waals surface area contributed by atoms with Crippen molar-refractivity contribution in [3.8, 4) is 0 Å². The molecule has 3 atom stereocenters. The van der Waals surface area contributed by atoms with E-state index in [4.69, 9.17) is 0 Å². The van der Waals surface area contributed by atoms with E-state index in [0.717, 1.165) is 18.1 Å². The third-order valence-electron chi connectivity index (χ3n) is 3.47. The minimum atomic E-state index is 0. The summed E-state index contributed by atoms with van der Waals surface area (Å²) < 4.78 is 0. The van der Waals surface area contributed by atoms with Crippen LogP contribution in [-0.2, 0) is 4.79 Å². The van der Waals surface area contributed by atoms with Gasteiger partial charge in [0.25, 0.3) is 0 Å². The zero-order chi connectivity index (χ0) is 10.7. The monoisotopic (exact) mass is 264 g/mol. The Bertz CT molecular complexity index is 234. The fourth-order valence-corrected chi connectivity index (χ4v) is 3.32. The second-order valence-electron chi connectivity index (χ2n) is 4.65. The van der Waals surface area contributed by atoms with Crippen LogP contribution in [0.5, 0.6) is 0 Å². The molecule has 2 aliphatic rings. The molecular weight excluding hydrogens is 244 g/mol. The van der Waals surface area contributed by atoms with Gasteiger partial charge in [0.1, 0.15) is 0 Å². The van der Waals surface area contributed by atoms with E-state index in [0.29, 0.717) is 12.0 Å². The van der Waals surface area contributed by atoms with Gasteiger partial charge in [-0.3, -0.25) is 10.1 Å². The molecule has 16 heavy (non-hydrogen) atoms. The number of thioether (sulfide) groups is 1. The van der Waals surface area contributed by atoms with Gasteiger partial charge >= 0.3 is 0 Å². The Morgan fingerprint density at radius 1 is 1.38 bits per heavy atom. The maximum absolute atomic E-state index is 11.9. The summed E-state index contributed by atoms with van der Waals surface area (Å²) in [5.74, 6) is 2.70. The lowest BCUT2D eigenvalue weighted by Crippen LogP contribution is -2.49. The molecule has 1 aliphatic heterocycles. The average Bonchev–Trinajstić information content (AvgIpc) is 2.74. The van der Waals surface area contributed by atoms with E-state index < -0.39 is 0 Å². The predicted octanol–water partition coefficient (Wildman–Crippen LogP) is 1.77. The number of hydrogen-bond donors (Lipinski definition) is 2.